The Hall–Kier alpha value is -2.47. The summed E-state index contributed by atoms with van der Waals surface area (Å²) in [5.74, 6) is -1.52. The summed E-state index contributed by atoms with van der Waals surface area (Å²) in [7, 11) is 0. The lowest BCUT2D eigenvalue weighted by Crippen LogP contribution is -2.29. The first-order chi connectivity index (χ1) is 11.1. The van der Waals surface area contributed by atoms with E-state index < -0.39 is 5.97 Å². The number of benzene rings is 1. The van der Waals surface area contributed by atoms with E-state index in [4.69, 9.17) is 0 Å². The number of nitrogens with zero attached hydrogens (tertiary/aromatic N) is 2. The van der Waals surface area contributed by atoms with Crippen molar-refractivity contribution in [3.63, 3.8) is 0 Å². The summed E-state index contributed by atoms with van der Waals surface area (Å²) in [5, 5.41) is 18.5. The molecular formula is C17H15N2O3S-. The minimum Gasteiger partial charge on any atom is -0.550 e. The Morgan fingerprint density at radius 2 is 1.96 bits per heavy atom. The molecule has 23 heavy (non-hydrogen) atoms. The van der Waals surface area contributed by atoms with E-state index in [9.17, 15) is 14.7 Å². The van der Waals surface area contributed by atoms with Crippen LogP contribution in [0.25, 0.3) is 0 Å². The Balaban J connectivity index is 1.86. The third-order valence-electron chi connectivity index (χ3n) is 3.70. The van der Waals surface area contributed by atoms with Gasteiger partial charge in [0.05, 0.1) is 16.6 Å². The molecule has 1 aliphatic heterocycles. The van der Waals surface area contributed by atoms with E-state index in [0.717, 1.165) is 16.2 Å². The van der Waals surface area contributed by atoms with E-state index in [1.54, 1.807) is 11.3 Å². The first kappa shape index (κ1) is 15.4. The van der Waals surface area contributed by atoms with Crippen molar-refractivity contribution < 1.29 is 14.7 Å². The smallest absolute Gasteiger partial charge is 0.243 e. The van der Waals surface area contributed by atoms with Gasteiger partial charge in [0.2, 0.25) is 5.91 Å². The minimum atomic E-state index is -1.23. The molecule has 1 aromatic carbocycles. The predicted molar refractivity (Wildman–Crippen MR) is 85.7 cm³/mol. The van der Waals surface area contributed by atoms with E-state index in [1.807, 2.05) is 47.8 Å². The molecule has 1 amide bonds. The number of carboxylic acid groups (broad SMARTS) is 1. The molecule has 0 saturated carbocycles. The molecule has 5 nitrogen and oxygen atoms in total. The summed E-state index contributed by atoms with van der Waals surface area (Å²) >= 11 is 1.58. The van der Waals surface area contributed by atoms with Crippen molar-refractivity contribution in [2.75, 3.05) is 0 Å². The Morgan fingerprint density at radius 3 is 2.61 bits per heavy atom. The minimum absolute atomic E-state index is 0.104. The van der Waals surface area contributed by atoms with Gasteiger partial charge >= 0.3 is 0 Å². The van der Waals surface area contributed by atoms with E-state index in [2.05, 4.69) is 5.10 Å². The maximum absolute atomic E-state index is 12.4. The number of carboxylic acids is 1. The van der Waals surface area contributed by atoms with Gasteiger partial charge in [0, 0.05) is 18.8 Å². The molecule has 1 atom stereocenters. The van der Waals surface area contributed by atoms with Gasteiger partial charge in [-0.3, -0.25) is 4.79 Å². The molecule has 0 bridgehead atoms. The van der Waals surface area contributed by atoms with Crippen molar-refractivity contribution in [1.82, 2.24) is 5.01 Å². The summed E-state index contributed by atoms with van der Waals surface area (Å²) < 4.78 is 0. The largest absolute Gasteiger partial charge is 0.550 e. The molecule has 3 rings (SSSR count). The summed E-state index contributed by atoms with van der Waals surface area (Å²) in [5.41, 5.74) is 1.85. The molecule has 118 valence electrons. The van der Waals surface area contributed by atoms with Crippen LogP contribution >= 0.6 is 11.3 Å². The summed E-state index contributed by atoms with van der Waals surface area (Å²) in [6.07, 6.45) is 0.231. The molecular weight excluding hydrogens is 312 g/mol. The quantitative estimate of drug-likeness (QED) is 0.842. The normalized spacial score (nSPS) is 17.1. The first-order valence-electron chi connectivity index (χ1n) is 7.33. The number of carbonyl (C=O) groups excluding carboxylic acids is 2. The second kappa shape index (κ2) is 6.75. The van der Waals surface area contributed by atoms with Crippen LogP contribution in [0, 0.1) is 0 Å². The molecule has 1 aliphatic rings. The van der Waals surface area contributed by atoms with Crippen molar-refractivity contribution in [2.24, 2.45) is 5.10 Å². The topological polar surface area (TPSA) is 72.8 Å². The van der Waals surface area contributed by atoms with Gasteiger partial charge in [0.25, 0.3) is 0 Å². The van der Waals surface area contributed by atoms with Gasteiger partial charge < -0.3 is 9.90 Å². The Kier molecular flexibility index (Phi) is 4.52. The van der Waals surface area contributed by atoms with Gasteiger partial charge in [0.15, 0.2) is 0 Å². The molecule has 1 aromatic heterocycles. The molecule has 0 fully saturated rings. The SMILES string of the molecule is O=C([O-])CCC(=O)N1N=C(c2cccs2)C[C@@H]1c1ccccc1. The highest BCUT2D eigenvalue weighted by Gasteiger charge is 2.32. The lowest BCUT2D eigenvalue weighted by Gasteiger charge is -2.22. The maximum atomic E-state index is 12.4. The summed E-state index contributed by atoms with van der Waals surface area (Å²) in [4.78, 5) is 24.0. The fourth-order valence-electron chi connectivity index (χ4n) is 2.59. The Morgan fingerprint density at radius 1 is 1.17 bits per heavy atom. The van der Waals surface area contributed by atoms with Crippen molar-refractivity contribution in [3.05, 3.63) is 58.3 Å². The Bertz CT molecular complexity index is 726. The zero-order valence-corrected chi connectivity index (χ0v) is 13.2. The first-order valence-corrected chi connectivity index (χ1v) is 8.21. The van der Waals surface area contributed by atoms with E-state index >= 15 is 0 Å². The molecule has 0 saturated heterocycles. The highest BCUT2D eigenvalue weighted by Crippen LogP contribution is 2.34. The van der Waals surface area contributed by atoms with Gasteiger partial charge in [0.1, 0.15) is 0 Å². The van der Waals surface area contributed by atoms with Crippen molar-refractivity contribution in [2.45, 2.75) is 25.3 Å². The highest BCUT2D eigenvalue weighted by atomic mass is 32.1. The van der Waals surface area contributed by atoms with E-state index in [-0.39, 0.29) is 24.8 Å². The van der Waals surface area contributed by atoms with E-state index in [1.165, 1.54) is 5.01 Å². The van der Waals surface area contributed by atoms with Gasteiger partial charge in [-0.2, -0.15) is 5.10 Å². The van der Waals surface area contributed by atoms with Crippen LogP contribution in [0.1, 0.15) is 35.7 Å². The number of hydrogen-bond acceptors (Lipinski definition) is 5. The van der Waals surface area contributed by atoms with Crippen molar-refractivity contribution >= 4 is 28.9 Å². The number of rotatable bonds is 5. The van der Waals surface area contributed by atoms with Crippen LogP contribution in [0.3, 0.4) is 0 Å². The fraction of sp³-hybridized carbons (Fsp3) is 0.235. The molecule has 0 spiro atoms. The van der Waals surface area contributed by atoms with Crippen molar-refractivity contribution in [1.29, 1.82) is 0 Å². The van der Waals surface area contributed by atoms with Crippen LogP contribution in [-0.4, -0.2) is 22.6 Å². The van der Waals surface area contributed by atoms with Crippen LogP contribution in [-0.2, 0) is 9.59 Å². The zero-order valence-electron chi connectivity index (χ0n) is 12.3. The summed E-state index contributed by atoms with van der Waals surface area (Å²) in [6.45, 7) is 0. The third-order valence-corrected chi connectivity index (χ3v) is 4.62. The van der Waals surface area contributed by atoms with Gasteiger partial charge in [-0.25, -0.2) is 5.01 Å². The number of carbonyl (C=O) groups is 2. The monoisotopic (exact) mass is 327 g/mol. The predicted octanol–water partition coefficient (Wildman–Crippen LogP) is 1.96. The number of thiophene rings is 1. The van der Waals surface area contributed by atoms with Crippen LogP contribution in [0.2, 0.25) is 0 Å². The average Bonchev–Trinajstić information content (AvgIpc) is 3.22. The maximum Gasteiger partial charge on any atom is 0.243 e. The fourth-order valence-corrected chi connectivity index (χ4v) is 3.31. The lowest BCUT2D eigenvalue weighted by atomic mass is 10.0. The van der Waals surface area contributed by atoms with Gasteiger partial charge in [-0.05, 0) is 23.4 Å². The Labute approximate surface area is 137 Å². The molecule has 0 radical (unpaired) electrons. The number of hydrogen-bond donors (Lipinski definition) is 0. The molecule has 0 N–H and O–H groups in total. The van der Waals surface area contributed by atoms with E-state index in [0.29, 0.717) is 6.42 Å². The second-order valence-electron chi connectivity index (χ2n) is 5.26. The molecule has 0 aliphatic carbocycles. The number of hydrazone groups is 1. The molecule has 0 unspecified atom stereocenters. The third kappa shape index (κ3) is 3.48. The van der Waals surface area contributed by atoms with Gasteiger partial charge in [-0.15, -0.1) is 11.3 Å². The zero-order chi connectivity index (χ0) is 16.2. The highest BCUT2D eigenvalue weighted by molar-refractivity contribution is 7.12. The van der Waals surface area contributed by atoms with Crippen LogP contribution in [0.15, 0.2) is 52.9 Å². The molecule has 2 aromatic rings. The van der Waals surface area contributed by atoms with Gasteiger partial charge in [-0.1, -0.05) is 36.4 Å². The molecule has 2 heterocycles. The number of amides is 1. The van der Waals surface area contributed by atoms with Crippen LogP contribution in [0.4, 0.5) is 0 Å². The number of aliphatic carboxylic acids is 1. The standard InChI is InChI=1S/C17H16N2O3S/c20-16(8-9-17(21)22)19-14(12-5-2-1-3-6-12)11-13(18-19)15-7-4-10-23-15/h1-7,10,14H,8-9,11H2,(H,21,22)/p-1/t14-/m1/s1. The van der Waals surface area contributed by atoms with Crippen LogP contribution < -0.4 is 5.11 Å². The summed E-state index contributed by atoms with van der Waals surface area (Å²) in [6, 6.07) is 13.4. The molecule has 6 heteroatoms. The van der Waals surface area contributed by atoms with Crippen molar-refractivity contribution in [3.8, 4) is 0 Å². The van der Waals surface area contributed by atoms with Crippen LogP contribution in [0.5, 0.6) is 0 Å². The second-order valence-corrected chi connectivity index (χ2v) is 6.21. The average molecular weight is 327 g/mol. The lowest BCUT2D eigenvalue weighted by molar-refractivity contribution is -0.305.